The van der Waals surface area contributed by atoms with Crippen LogP contribution >= 0.6 is 11.3 Å². The average molecular weight is 540 g/mol. The molecule has 1 atom stereocenters. The van der Waals surface area contributed by atoms with Crippen molar-refractivity contribution in [1.29, 1.82) is 0 Å². The number of aromatic hydroxyl groups is 1. The van der Waals surface area contributed by atoms with Crippen molar-refractivity contribution in [2.75, 3.05) is 12.4 Å². The number of anilines is 1. The normalized spacial score (nSPS) is 17.1. The number of hydrogen-bond donors (Lipinski definition) is 3. The van der Waals surface area contributed by atoms with Crippen LogP contribution in [-0.4, -0.2) is 29.0 Å². The second-order valence-electron chi connectivity index (χ2n) is 9.60. The Hall–Kier alpha value is -3.87. The fraction of sp³-hybridized carbons (Fsp3) is 0.241. The van der Waals surface area contributed by atoms with E-state index >= 15 is 0 Å². The van der Waals surface area contributed by atoms with Gasteiger partial charge in [-0.25, -0.2) is 0 Å². The molecule has 0 spiro atoms. The number of allylic oxidation sites excluding steroid dienone is 1. The van der Waals surface area contributed by atoms with Crippen LogP contribution in [0.25, 0.3) is 28.5 Å². The zero-order valence-electron chi connectivity index (χ0n) is 20.9. The SMILES string of the molecule is COc1c(O)ccc2c1-c1ccc3c(c1/C(=C/c1sccc1C(O)C#CC(F)(F)F)O2)C(C)=CC(C)(C)N3. The lowest BCUT2D eigenvalue weighted by molar-refractivity contribution is -0.0700. The molecule has 5 nitrogen and oxygen atoms in total. The van der Waals surface area contributed by atoms with Gasteiger partial charge in [-0.2, -0.15) is 13.2 Å². The fourth-order valence-corrected chi connectivity index (χ4v) is 5.82. The molecule has 0 saturated carbocycles. The highest BCUT2D eigenvalue weighted by Gasteiger charge is 2.34. The molecular weight excluding hydrogens is 515 g/mol. The third kappa shape index (κ3) is 4.62. The summed E-state index contributed by atoms with van der Waals surface area (Å²) >= 11 is 1.25. The first-order chi connectivity index (χ1) is 17.9. The number of alkyl halides is 3. The van der Waals surface area contributed by atoms with Crippen LogP contribution in [0.2, 0.25) is 0 Å². The summed E-state index contributed by atoms with van der Waals surface area (Å²) in [5, 5.41) is 26.1. The molecule has 9 heteroatoms. The predicted molar refractivity (Wildman–Crippen MR) is 143 cm³/mol. The summed E-state index contributed by atoms with van der Waals surface area (Å²) in [6.45, 7) is 6.12. The molecule has 0 aliphatic carbocycles. The molecule has 38 heavy (non-hydrogen) atoms. The van der Waals surface area contributed by atoms with Gasteiger partial charge in [0.1, 0.15) is 17.6 Å². The van der Waals surface area contributed by atoms with Gasteiger partial charge in [0.15, 0.2) is 11.5 Å². The highest BCUT2D eigenvalue weighted by molar-refractivity contribution is 7.11. The van der Waals surface area contributed by atoms with Crippen LogP contribution in [0, 0.1) is 11.8 Å². The van der Waals surface area contributed by atoms with Gasteiger partial charge in [-0.3, -0.25) is 0 Å². The first-order valence-electron chi connectivity index (χ1n) is 11.7. The highest BCUT2D eigenvalue weighted by atomic mass is 32.1. The Labute approximate surface area is 221 Å². The van der Waals surface area contributed by atoms with Crippen molar-refractivity contribution in [3.63, 3.8) is 0 Å². The highest BCUT2D eigenvalue weighted by Crippen LogP contribution is 2.54. The third-order valence-electron chi connectivity index (χ3n) is 6.31. The van der Waals surface area contributed by atoms with Crippen LogP contribution in [0.5, 0.6) is 17.2 Å². The summed E-state index contributed by atoms with van der Waals surface area (Å²) in [6.07, 6.45) is -2.53. The third-order valence-corrected chi connectivity index (χ3v) is 7.19. The minimum Gasteiger partial charge on any atom is -0.504 e. The van der Waals surface area contributed by atoms with Gasteiger partial charge in [0.2, 0.25) is 0 Å². The molecule has 1 unspecified atom stereocenters. The average Bonchev–Trinajstić information content (AvgIpc) is 3.29. The van der Waals surface area contributed by atoms with Crippen molar-refractivity contribution in [3.8, 4) is 40.2 Å². The number of nitrogens with one attached hydrogen (secondary N) is 1. The standard InChI is InChI=1S/C29H24F3NO4S/c1-15-14-28(2,3)33-18-6-5-17-25(24(15)18)22(37-21-8-7-20(35)27(36-4)26(17)21)13-23-16(10-12-38-23)19(34)9-11-29(30,31)32/h5-8,10,12-14,19,33-35H,1-4H3/b22-13-. The Bertz CT molecular complexity index is 1570. The number of aliphatic hydroxyl groups is 1. The number of phenolic OH excluding ortho intramolecular Hbond substituents is 1. The Kier molecular flexibility index (Phi) is 6.21. The van der Waals surface area contributed by atoms with Gasteiger partial charge < -0.3 is 25.0 Å². The van der Waals surface area contributed by atoms with Crippen LogP contribution in [0.15, 0.2) is 41.8 Å². The molecule has 0 fully saturated rings. The molecule has 2 aromatic carbocycles. The number of thiophene rings is 1. The molecule has 0 saturated heterocycles. The van der Waals surface area contributed by atoms with E-state index in [1.165, 1.54) is 24.5 Å². The summed E-state index contributed by atoms with van der Waals surface area (Å²) < 4.78 is 49.8. The van der Waals surface area contributed by atoms with Gasteiger partial charge in [0.25, 0.3) is 0 Å². The van der Waals surface area contributed by atoms with E-state index in [1.54, 1.807) is 23.6 Å². The first-order valence-corrected chi connectivity index (χ1v) is 12.6. The van der Waals surface area contributed by atoms with E-state index in [2.05, 4.69) is 25.2 Å². The number of halogens is 3. The zero-order chi connectivity index (χ0) is 27.4. The molecule has 0 radical (unpaired) electrons. The summed E-state index contributed by atoms with van der Waals surface area (Å²) in [4.78, 5) is 0.507. The topological polar surface area (TPSA) is 71.0 Å². The molecule has 2 aliphatic heterocycles. The van der Waals surface area contributed by atoms with E-state index in [4.69, 9.17) is 9.47 Å². The largest absolute Gasteiger partial charge is 0.504 e. The first kappa shape index (κ1) is 25.8. The quantitative estimate of drug-likeness (QED) is 0.307. The summed E-state index contributed by atoms with van der Waals surface area (Å²) in [6, 6.07) is 8.54. The Balaban J connectivity index is 1.74. The van der Waals surface area contributed by atoms with Crippen LogP contribution in [0.3, 0.4) is 0 Å². The van der Waals surface area contributed by atoms with Gasteiger partial charge in [0, 0.05) is 38.7 Å². The number of aliphatic hydroxyl groups excluding tert-OH is 1. The molecule has 3 N–H and O–H groups in total. The molecular formula is C29H24F3NO4S. The zero-order valence-corrected chi connectivity index (χ0v) is 21.8. The number of methoxy groups -OCH3 is 1. The number of ether oxygens (including phenoxy) is 2. The van der Waals surface area contributed by atoms with Gasteiger partial charge in [0.05, 0.1) is 18.2 Å². The van der Waals surface area contributed by atoms with Gasteiger partial charge in [-0.05, 0) is 62.1 Å². The van der Waals surface area contributed by atoms with Gasteiger partial charge in [-0.1, -0.05) is 18.1 Å². The summed E-state index contributed by atoms with van der Waals surface area (Å²) in [5.74, 6) is 4.13. The minimum atomic E-state index is -4.71. The molecule has 0 amide bonds. The fourth-order valence-electron chi connectivity index (χ4n) is 4.97. The van der Waals surface area contributed by atoms with E-state index in [0.29, 0.717) is 21.9 Å². The smallest absolute Gasteiger partial charge is 0.457 e. The van der Waals surface area contributed by atoms with E-state index in [9.17, 15) is 23.4 Å². The number of fused-ring (bicyclic) bond motifs is 5. The molecule has 3 aromatic rings. The van der Waals surface area contributed by atoms with Crippen LogP contribution in [0.1, 0.15) is 48.4 Å². The van der Waals surface area contributed by atoms with Crippen molar-refractivity contribution < 1.29 is 32.9 Å². The maximum absolute atomic E-state index is 12.6. The second kappa shape index (κ2) is 9.15. The van der Waals surface area contributed by atoms with Crippen molar-refractivity contribution in [2.45, 2.75) is 38.6 Å². The Morgan fingerprint density at radius 2 is 1.89 bits per heavy atom. The molecule has 2 aliphatic rings. The second-order valence-corrected chi connectivity index (χ2v) is 10.5. The van der Waals surface area contributed by atoms with E-state index < -0.39 is 12.3 Å². The van der Waals surface area contributed by atoms with E-state index in [0.717, 1.165) is 33.9 Å². The number of benzene rings is 2. The van der Waals surface area contributed by atoms with Crippen LogP contribution in [-0.2, 0) is 0 Å². The number of phenols is 1. The molecule has 1 aromatic heterocycles. The monoisotopic (exact) mass is 539 g/mol. The van der Waals surface area contributed by atoms with Crippen LogP contribution < -0.4 is 14.8 Å². The van der Waals surface area contributed by atoms with E-state index in [1.807, 2.05) is 25.0 Å². The molecule has 3 heterocycles. The number of rotatable bonds is 3. The van der Waals surface area contributed by atoms with Crippen molar-refractivity contribution in [2.24, 2.45) is 0 Å². The number of hydrogen-bond acceptors (Lipinski definition) is 6. The Morgan fingerprint density at radius 3 is 2.61 bits per heavy atom. The predicted octanol–water partition coefficient (Wildman–Crippen LogP) is 7.23. The van der Waals surface area contributed by atoms with Gasteiger partial charge >= 0.3 is 6.18 Å². The maximum Gasteiger partial charge on any atom is 0.457 e. The lowest BCUT2D eigenvalue weighted by Gasteiger charge is -2.35. The van der Waals surface area contributed by atoms with Crippen LogP contribution in [0.4, 0.5) is 18.9 Å². The Morgan fingerprint density at radius 1 is 1.13 bits per heavy atom. The lowest BCUT2D eigenvalue weighted by atomic mass is 9.83. The van der Waals surface area contributed by atoms with Crippen molar-refractivity contribution in [1.82, 2.24) is 0 Å². The van der Waals surface area contributed by atoms with Crippen molar-refractivity contribution >= 4 is 34.4 Å². The summed E-state index contributed by atoms with van der Waals surface area (Å²) in [7, 11) is 1.47. The van der Waals surface area contributed by atoms with Gasteiger partial charge in [-0.15, -0.1) is 11.3 Å². The summed E-state index contributed by atoms with van der Waals surface area (Å²) in [5.41, 5.74) is 4.80. The maximum atomic E-state index is 12.6. The molecule has 196 valence electrons. The molecule has 0 bridgehead atoms. The van der Waals surface area contributed by atoms with E-state index in [-0.39, 0.29) is 22.6 Å². The van der Waals surface area contributed by atoms with Crippen molar-refractivity contribution in [3.05, 3.63) is 63.4 Å². The molecule has 5 rings (SSSR count). The lowest BCUT2D eigenvalue weighted by Crippen LogP contribution is -2.32. The minimum absolute atomic E-state index is 0.0376.